The molecule has 1 heteroatoms. The highest BCUT2D eigenvalue weighted by molar-refractivity contribution is 5.36. The molecule has 0 amide bonds. The molecule has 0 bridgehead atoms. The van der Waals surface area contributed by atoms with E-state index in [0.717, 1.165) is 18.4 Å². The molecule has 12 heavy (non-hydrogen) atoms. The molecule has 0 aliphatic heterocycles. The number of hydrogen-bond donors (Lipinski definition) is 1. The van der Waals surface area contributed by atoms with E-state index < -0.39 is 5.60 Å². The molecule has 0 spiro atoms. The van der Waals surface area contributed by atoms with Gasteiger partial charge in [0.2, 0.25) is 0 Å². The lowest BCUT2D eigenvalue weighted by molar-refractivity contribution is 0.0833. The molecule has 1 aliphatic rings. The van der Waals surface area contributed by atoms with E-state index in [2.05, 4.69) is 6.07 Å². The van der Waals surface area contributed by atoms with Crippen LogP contribution in [0.15, 0.2) is 24.3 Å². The van der Waals surface area contributed by atoms with Gasteiger partial charge in [0.15, 0.2) is 0 Å². The summed E-state index contributed by atoms with van der Waals surface area (Å²) in [6.45, 7) is 1.85. The van der Waals surface area contributed by atoms with E-state index in [0.29, 0.717) is 0 Å². The standard InChI is InChI=1S/C11H13O/c1-11(12)8-4-6-9-5-2-3-7-10(9)11/h2-3,5,7-8,12H,4,6H2,1H3. The summed E-state index contributed by atoms with van der Waals surface area (Å²) in [6, 6.07) is 8.11. The molecule has 1 radical (unpaired) electrons. The second kappa shape index (κ2) is 2.60. The summed E-state index contributed by atoms with van der Waals surface area (Å²) in [6.07, 6.45) is 4.02. The maximum absolute atomic E-state index is 9.97. The molecule has 63 valence electrons. The quantitative estimate of drug-likeness (QED) is 0.617. The number of rotatable bonds is 0. The average Bonchev–Trinajstić information content (AvgIpc) is 2.04. The van der Waals surface area contributed by atoms with Crippen LogP contribution in [0, 0.1) is 6.42 Å². The summed E-state index contributed by atoms with van der Waals surface area (Å²) in [5.74, 6) is 0. The fourth-order valence-corrected chi connectivity index (χ4v) is 1.85. The molecule has 0 fully saturated rings. The third-order valence-electron chi connectivity index (χ3n) is 2.52. The smallest absolute Gasteiger partial charge is 0.0903 e. The average molecular weight is 161 g/mol. The minimum absolute atomic E-state index is 0.713. The van der Waals surface area contributed by atoms with Gasteiger partial charge in [-0.1, -0.05) is 24.3 Å². The normalized spacial score (nSPS) is 28.2. The molecular formula is C11H13O. The van der Waals surface area contributed by atoms with Crippen LogP contribution in [0.2, 0.25) is 0 Å². The second-order valence-corrected chi connectivity index (χ2v) is 3.55. The Labute approximate surface area is 73.0 Å². The number of aryl methyl sites for hydroxylation is 1. The van der Waals surface area contributed by atoms with Crippen molar-refractivity contribution in [2.45, 2.75) is 25.4 Å². The Balaban J connectivity index is 2.52. The molecule has 2 rings (SSSR count). The number of hydrogen-bond acceptors (Lipinski definition) is 1. The minimum Gasteiger partial charge on any atom is -0.385 e. The van der Waals surface area contributed by atoms with Crippen molar-refractivity contribution < 1.29 is 5.11 Å². The highest BCUT2D eigenvalue weighted by atomic mass is 16.3. The van der Waals surface area contributed by atoms with Crippen molar-refractivity contribution in [3.05, 3.63) is 41.8 Å². The topological polar surface area (TPSA) is 20.2 Å². The molecule has 0 heterocycles. The number of aliphatic hydroxyl groups is 1. The predicted molar refractivity (Wildman–Crippen MR) is 48.6 cm³/mol. The Morgan fingerprint density at radius 2 is 2.08 bits per heavy atom. The summed E-state index contributed by atoms with van der Waals surface area (Å²) in [5.41, 5.74) is 1.63. The Bertz CT molecular complexity index is 289. The molecule has 0 aromatic heterocycles. The van der Waals surface area contributed by atoms with E-state index in [1.165, 1.54) is 5.56 Å². The third kappa shape index (κ3) is 1.14. The summed E-state index contributed by atoms with van der Waals surface area (Å²) in [7, 11) is 0. The van der Waals surface area contributed by atoms with Crippen molar-refractivity contribution in [3.63, 3.8) is 0 Å². The van der Waals surface area contributed by atoms with Gasteiger partial charge in [0, 0.05) is 0 Å². The molecule has 1 aliphatic carbocycles. The molecule has 1 aromatic carbocycles. The highest BCUT2D eigenvalue weighted by Gasteiger charge is 2.28. The van der Waals surface area contributed by atoms with Crippen molar-refractivity contribution in [1.29, 1.82) is 0 Å². The lowest BCUT2D eigenvalue weighted by atomic mass is 9.80. The zero-order valence-corrected chi connectivity index (χ0v) is 7.25. The van der Waals surface area contributed by atoms with Gasteiger partial charge in [-0.15, -0.1) is 0 Å². The van der Waals surface area contributed by atoms with Crippen LogP contribution in [-0.2, 0) is 12.0 Å². The first-order valence-electron chi connectivity index (χ1n) is 4.35. The fourth-order valence-electron chi connectivity index (χ4n) is 1.85. The first kappa shape index (κ1) is 7.81. The number of fused-ring (bicyclic) bond motifs is 1. The zero-order valence-electron chi connectivity index (χ0n) is 7.25. The van der Waals surface area contributed by atoms with Gasteiger partial charge in [-0.05, 0) is 37.3 Å². The van der Waals surface area contributed by atoms with Crippen molar-refractivity contribution in [2.75, 3.05) is 0 Å². The van der Waals surface area contributed by atoms with Crippen molar-refractivity contribution in [2.24, 2.45) is 0 Å². The summed E-state index contributed by atoms with van der Waals surface area (Å²) < 4.78 is 0. The van der Waals surface area contributed by atoms with E-state index in [4.69, 9.17) is 0 Å². The zero-order chi connectivity index (χ0) is 8.60. The van der Waals surface area contributed by atoms with Gasteiger partial charge in [-0.25, -0.2) is 0 Å². The molecule has 1 nitrogen and oxygen atoms in total. The predicted octanol–water partition coefficient (Wildman–Crippen LogP) is 2.04. The van der Waals surface area contributed by atoms with Gasteiger partial charge in [0.25, 0.3) is 0 Å². The van der Waals surface area contributed by atoms with Crippen LogP contribution in [0.25, 0.3) is 0 Å². The minimum atomic E-state index is -0.713. The third-order valence-corrected chi connectivity index (χ3v) is 2.52. The molecule has 0 saturated carbocycles. The van der Waals surface area contributed by atoms with E-state index in [1.54, 1.807) is 0 Å². The number of benzene rings is 1. The maximum atomic E-state index is 9.97. The second-order valence-electron chi connectivity index (χ2n) is 3.55. The lowest BCUT2D eigenvalue weighted by Crippen LogP contribution is -2.27. The van der Waals surface area contributed by atoms with Crippen LogP contribution in [0.4, 0.5) is 0 Å². The van der Waals surface area contributed by atoms with Gasteiger partial charge in [0.1, 0.15) is 0 Å². The van der Waals surface area contributed by atoms with Crippen molar-refractivity contribution >= 4 is 0 Å². The SMILES string of the molecule is CC1(O)[CH]CCc2ccccc21. The summed E-state index contributed by atoms with van der Waals surface area (Å²) >= 11 is 0. The Hall–Kier alpha value is -0.820. The van der Waals surface area contributed by atoms with Crippen LogP contribution < -0.4 is 0 Å². The lowest BCUT2D eigenvalue weighted by Gasteiger charge is -2.30. The first-order valence-corrected chi connectivity index (χ1v) is 4.35. The molecule has 1 aromatic rings. The van der Waals surface area contributed by atoms with Crippen LogP contribution >= 0.6 is 0 Å². The Morgan fingerprint density at radius 1 is 1.33 bits per heavy atom. The molecule has 1 unspecified atom stereocenters. The van der Waals surface area contributed by atoms with Crippen LogP contribution in [-0.4, -0.2) is 5.11 Å². The van der Waals surface area contributed by atoms with Crippen molar-refractivity contribution in [1.82, 2.24) is 0 Å². The molecular weight excluding hydrogens is 148 g/mol. The van der Waals surface area contributed by atoms with E-state index in [1.807, 2.05) is 31.5 Å². The Kier molecular flexibility index (Phi) is 1.69. The van der Waals surface area contributed by atoms with Gasteiger partial charge >= 0.3 is 0 Å². The van der Waals surface area contributed by atoms with E-state index in [9.17, 15) is 5.11 Å². The van der Waals surface area contributed by atoms with Gasteiger partial charge in [-0.3, -0.25) is 0 Å². The van der Waals surface area contributed by atoms with Gasteiger partial charge in [-0.2, -0.15) is 0 Å². The van der Waals surface area contributed by atoms with E-state index in [-0.39, 0.29) is 0 Å². The van der Waals surface area contributed by atoms with Gasteiger partial charge in [0.05, 0.1) is 5.60 Å². The molecule has 0 saturated heterocycles. The maximum Gasteiger partial charge on any atom is 0.0903 e. The summed E-state index contributed by atoms with van der Waals surface area (Å²) in [5, 5.41) is 9.97. The largest absolute Gasteiger partial charge is 0.385 e. The van der Waals surface area contributed by atoms with Crippen LogP contribution in [0.5, 0.6) is 0 Å². The Morgan fingerprint density at radius 3 is 2.83 bits per heavy atom. The molecule has 1 atom stereocenters. The molecule has 1 N–H and O–H groups in total. The monoisotopic (exact) mass is 161 g/mol. The van der Waals surface area contributed by atoms with E-state index >= 15 is 0 Å². The van der Waals surface area contributed by atoms with Gasteiger partial charge < -0.3 is 5.11 Å². The fraction of sp³-hybridized carbons (Fsp3) is 0.364. The first-order chi connectivity index (χ1) is 5.70. The van der Waals surface area contributed by atoms with Crippen molar-refractivity contribution in [3.8, 4) is 0 Å². The van der Waals surface area contributed by atoms with Crippen LogP contribution in [0.3, 0.4) is 0 Å². The van der Waals surface area contributed by atoms with Crippen LogP contribution in [0.1, 0.15) is 24.5 Å². The summed E-state index contributed by atoms with van der Waals surface area (Å²) in [4.78, 5) is 0. The highest BCUT2D eigenvalue weighted by Crippen LogP contribution is 2.33.